The van der Waals surface area contributed by atoms with Gasteiger partial charge in [0.1, 0.15) is 11.6 Å². The second-order valence-corrected chi connectivity index (χ2v) is 6.23. The summed E-state index contributed by atoms with van der Waals surface area (Å²) in [6.07, 6.45) is 1.10. The van der Waals surface area contributed by atoms with Gasteiger partial charge in [0, 0.05) is 0 Å². The van der Waals surface area contributed by atoms with Gasteiger partial charge in [-0.2, -0.15) is 0 Å². The molecule has 0 unspecified atom stereocenters. The molecule has 2 bridgehead atoms. The average Bonchev–Trinajstić information content (AvgIpc) is 2.81. The van der Waals surface area contributed by atoms with Crippen molar-refractivity contribution in [2.75, 3.05) is 7.11 Å². The first-order valence-corrected chi connectivity index (χ1v) is 6.51. The van der Waals surface area contributed by atoms with Gasteiger partial charge in [0.2, 0.25) is 0 Å². The molecule has 1 aliphatic heterocycles. The molecule has 0 spiro atoms. The first kappa shape index (κ1) is 13.9. The number of ether oxygens (including phenoxy) is 2. The zero-order valence-electron chi connectivity index (χ0n) is 11.9. The Bertz CT molecular complexity index is 424. The van der Waals surface area contributed by atoms with Crippen molar-refractivity contribution < 1.29 is 19.1 Å². The molecule has 5 nitrogen and oxygen atoms in total. The average molecular weight is 267 g/mol. The van der Waals surface area contributed by atoms with Crippen LogP contribution in [0.15, 0.2) is 12.2 Å². The van der Waals surface area contributed by atoms with Crippen LogP contribution >= 0.6 is 0 Å². The van der Waals surface area contributed by atoms with Crippen molar-refractivity contribution in [3.63, 3.8) is 0 Å². The van der Waals surface area contributed by atoms with Crippen LogP contribution in [0.4, 0.5) is 4.79 Å². The zero-order valence-corrected chi connectivity index (χ0v) is 11.9. The number of fused-ring (bicyclic) bond motifs is 2. The summed E-state index contributed by atoms with van der Waals surface area (Å²) < 4.78 is 10.2. The molecule has 1 aliphatic carbocycles. The fourth-order valence-corrected chi connectivity index (χ4v) is 2.96. The van der Waals surface area contributed by atoms with E-state index in [1.807, 2.05) is 0 Å². The third-order valence-electron chi connectivity index (χ3n) is 3.65. The highest BCUT2D eigenvalue weighted by Crippen LogP contribution is 2.45. The number of carbonyl (C=O) groups is 2. The molecule has 1 saturated heterocycles. The van der Waals surface area contributed by atoms with Crippen molar-refractivity contribution in [2.45, 2.75) is 51.3 Å². The van der Waals surface area contributed by atoms with Gasteiger partial charge < -0.3 is 9.47 Å². The maximum atomic E-state index is 12.3. The van der Waals surface area contributed by atoms with Crippen molar-refractivity contribution in [1.82, 2.24) is 4.90 Å². The lowest BCUT2D eigenvalue weighted by Gasteiger charge is -2.35. The van der Waals surface area contributed by atoms with Crippen LogP contribution in [-0.4, -0.2) is 41.8 Å². The van der Waals surface area contributed by atoms with Crippen LogP contribution in [0.5, 0.6) is 0 Å². The molecule has 3 atom stereocenters. The molecule has 1 heterocycles. The minimum Gasteiger partial charge on any atom is -0.467 e. The number of methoxy groups -OCH3 is 1. The summed E-state index contributed by atoms with van der Waals surface area (Å²) >= 11 is 0. The van der Waals surface area contributed by atoms with E-state index in [9.17, 15) is 9.59 Å². The molecular formula is C14H21NO4. The third kappa shape index (κ3) is 2.46. The smallest absolute Gasteiger partial charge is 0.411 e. The number of nitrogens with zero attached hydrogens (tertiary/aromatic N) is 1. The lowest BCUT2D eigenvalue weighted by molar-refractivity contribution is -0.147. The Labute approximate surface area is 113 Å². The molecule has 0 aromatic heterocycles. The highest BCUT2D eigenvalue weighted by atomic mass is 16.6. The quantitative estimate of drug-likeness (QED) is 0.539. The van der Waals surface area contributed by atoms with Gasteiger partial charge >= 0.3 is 12.1 Å². The van der Waals surface area contributed by atoms with E-state index in [4.69, 9.17) is 9.47 Å². The summed E-state index contributed by atoms with van der Waals surface area (Å²) in [6, 6.07) is -0.626. The van der Waals surface area contributed by atoms with Gasteiger partial charge in [-0.1, -0.05) is 12.2 Å². The molecule has 106 valence electrons. The molecule has 1 amide bonds. The summed E-state index contributed by atoms with van der Waals surface area (Å²) in [4.78, 5) is 25.7. The predicted octanol–water partition coefficient (Wildman–Crippen LogP) is 2.11. The molecule has 0 aromatic carbocycles. The zero-order chi connectivity index (χ0) is 14.4. The largest absolute Gasteiger partial charge is 0.467 e. The second kappa shape index (κ2) is 4.54. The predicted molar refractivity (Wildman–Crippen MR) is 69.5 cm³/mol. The van der Waals surface area contributed by atoms with E-state index in [0.717, 1.165) is 18.4 Å². The Morgan fingerprint density at radius 2 is 2.00 bits per heavy atom. The molecule has 19 heavy (non-hydrogen) atoms. The van der Waals surface area contributed by atoms with Gasteiger partial charge in [0.15, 0.2) is 0 Å². The van der Waals surface area contributed by atoms with E-state index in [2.05, 4.69) is 6.58 Å². The van der Waals surface area contributed by atoms with E-state index in [0.29, 0.717) is 0 Å². The number of amides is 1. The number of carbonyl (C=O) groups excluding carboxylic acids is 2. The maximum Gasteiger partial charge on any atom is 0.411 e. The SMILES string of the molecule is C=C1C[C@@H]2C[C@H]1N(C(=O)OC(C)(C)C)[C@H]2C(=O)OC. The van der Waals surface area contributed by atoms with Gasteiger partial charge in [0.05, 0.1) is 13.2 Å². The summed E-state index contributed by atoms with van der Waals surface area (Å²) in [5.41, 5.74) is 0.414. The summed E-state index contributed by atoms with van der Waals surface area (Å²) in [5, 5.41) is 0. The fourth-order valence-electron chi connectivity index (χ4n) is 2.96. The fraction of sp³-hybridized carbons (Fsp3) is 0.714. The Morgan fingerprint density at radius 3 is 2.53 bits per heavy atom. The lowest BCUT2D eigenvalue weighted by Crippen LogP contribution is -2.51. The van der Waals surface area contributed by atoms with E-state index < -0.39 is 17.7 Å². The summed E-state index contributed by atoms with van der Waals surface area (Å²) in [6.45, 7) is 9.40. The van der Waals surface area contributed by atoms with Crippen molar-refractivity contribution in [1.29, 1.82) is 0 Å². The number of hydrogen-bond donors (Lipinski definition) is 0. The van der Waals surface area contributed by atoms with E-state index >= 15 is 0 Å². The maximum absolute atomic E-state index is 12.3. The minimum atomic E-state index is -0.582. The molecule has 2 fully saturated rings. The number of piperidine rings is 1. The Balaban J connectivity index is 2.22. The van der Waals surface area contributed by atoms with Crippen LogP contribution < -0.4 is 0 Å². The van der Waals surface area contributed by atoms with Gasteiger partial charge in [-0.15, -0.1) is 0 Å². The van der Waals surface area contributed by atoms with Crippen molar-refractivity contribution >= 4 is 12.1 Å². The Morgan fingerprint density at radius 1 is 1.37 bits per heavy atom. The van der Waals surface area contributed by atoms with Gasteiger partial charge in [-0.05, 0) is 39.5 Å². The van der Waals surface area contributed by atoms with Crippen LogP contribution in [-0.2, 0) is 14.3 Å². The minimum absolute atomic E-state index is 0.0936. The van der Waals surface area contributed by atoms with E-state index in [1.165, 1.54) is 12.0 Å². The van der Waals surface area contributed by atoms with Crippen molar-refractivity contribution in [3.8, 4) is 0 Å². The standard InChI is InChI=1S/C14H21NO4/c1-8-6-9-7-10(8)15(11(9)12(16)18-5)13(17)19-14(2,3)4/h9-11H,1,6-7H2,2-5H3/t9-,10-,11-/m1/s1. The van der Waals surface area contributed by atoms with Crippen LogP contribution in [0.25, 0.3) is 0 Å². The first-order chi connectivity index (χ1) is 8.74. The normalized spacial score (nSPS) is 29.6. The Kier molecular flexibility index (Phi) is 3.32. The van der Waals surface area contributed by atoms with Crippen LogP contribution in [0.3, 0.4) is 0 Å². The van der Waals surface area contributed by atoms with Gasteiger partial charge in [-0.3, -0.25) is 4.90 Å². The topological polar surface area (TPSA) is 55.8 Å². The molecule has 1 saturated carbocycles. The second-order valence-electron chi connectivity index (χ2n) is 6.23. The number of rotatable bonds is 1. The van der Waals surface area contributed by atoms with Crippen LogP contribution in [0.1, 0.15) is 33.6 Å². The molecule has 2 rings (SSSR count). The highest BCUT2D eigenvalue weighted by Gasteiger charge is 2.54. The van der Waals surface area contributed by atoms with Crippen molar-refractivity contribution in [2.24, 2.45) is 5.92 Å². The summed E-state index contributed by atoms with van der Waals surface area (Å²) in [7, 11) is 1.34. The van der Waals surface area contributed by atoms with Gasteiger partial charge in [-0.25, -0.2) is 9.59 Å². The number of hydrogen-bond acceptors (Lipinski definition) is 4. The lowest BCUT2D eigenvalue weighted by atomic mass is 9.97. The number of likely N-dealkylation sites (tertiary alicyclic amines) is 1. The molecule has 0 radical (unpaired) electrons. The monoisotopic (exact) mass is 267 g/mol. The van der Waals surface area contributed by atoms with Crippen LogP contribution in [0, 0.1) is 5.92 Å². The van der Waals surface area contributed by atoms with E-state index in [-0.39, 0.29) is 17.9 Å². The summed E-state index contributed by atoms with van der Waals surface area (Å²) in [5.74, 6) is -0.261. The highest BCUT2D eigenvalue weighted by molar-refractivity contribution is 5.84. The number of esters is 1. The van der Waals surface area contributed by atoms with Gasteiger partial charge in [0.25, 0.3) is 0 Å². The Hall–Kier alpha value is -1.52. The van der Waals surface area contributed by atoms with Crippen molar-refractivity contribution in [3.05, 3.63) is 12.2 Å². The molecule has 0 N–H and O–H groups in total. The van der Waals surface area contributed by atoms with Crippen LogP contribution in [0.2, 0.25) is 0 Å². The molecule has 2 aliphatic rings. The third-order valence-corrected chi connectivity index (χ3v) is 3.65. The van der Waals surface area contributed by atoms with E-state index in [1.54, 1.807) is 20.8 Å². The molecular weight excluding hydrogens is 246 g/mol. The first-order valence-electron chi connectivity index (χ1n) is 6.51. The molecule has 5 heteroatoms. The molecule has 0 aromatic rings.